The molecule has 0 aromatic carbocycles. The van der Waals surface area contributed by atoms with Crippen molar-refractivity contribution in [2.45, 2.75) is 26.3 Å². The molecule has 0 unspecified atom stereocenters. The van der Waals surface area contributed by atoms with Gasteiger partial charge in [-0.3, -0.25) is 9.69 Å². The Morgan fingerprint density at radius 1 is 1.39 bits per heavy atom. The molecule has 3 heterocycles. The molecule has 1 fully saturated rings. The Balaban J connectivity index is 1.50. The first-order valence-corrected chi connectivity index (χ1v) is 8.31. The Hall–Kier alpha value is -1.93. The van der Waals surface area contributed by atoms with Crippen LogP contribution in [-0.2, 0) is 17.8 Å². The molecule has 1 aliphatic heterocycles. The minimum atomic E-state index is -0.401. The maximum absolute atomic E-state index is 12.8. The van der Waals surface area contributed by atoms with E-state index in [1.807, 2.05) is 6.20 Å². The quantitative estimate of drug-likeness (QED) is 0.906. The van der Waals surface area contributed by atoms with Gasteiger partial charge in [0.2, 0.25) is 5.91 Å². The van der Waals surface area contributed by atoms with Gasteiger partial charge < -0.3 is 5.32 Å². The van der Waals surface area contributed by atoms with Gasteiger partial charge in [-0.25, -0.2) is 19.3 Å². The van der Waals surface area contributed by atoms with Crippen LogP contribution in [0.5, 0.6) is 0 Å². The number of anilines is 1. The molecule has 0 aliphatic carbocycles. The van der Waals surface area contributed by atoms with Crippen LogP contribution >= 0.6 is 11.3 Å². The van der Waals surface area contributed by atoms with Crippen LogP contribution in [0.15, 0.2) is 18.6 Å². The molecule has 0 bridgehead atoms. The van der Waals surface area contributed by atoms with Crippen molar-refractivity contribution in [1.82, 2.24) is 19.9 Å². The van der Waals surface area contributed by atoms with Crippen LogP contribution in [0.2, 0.25) is 0 Å². The number of nitrogens with zero attached hydrogens (tertiary/aromatic N) is 4. The molecule has 2 aromatic heterocycles. The molecule has 2 aromatic rings. The second-order valence-electron chi connectivity index (χ2n) is 5.72. The second-order valence-corrected chi connectivity index (χ2v) is 6.84. The Morgan fingerprint density at radius 2 is 2.17 bits per heavy atom. The summed E-state index contributed by atoms with van der Waals surface area (Å²) in [4.78, 5) is 26.8. The van der Waals surface area contributed by atoms with Crippen LogP contribution in [0.4, 0.5) is 9.52 Å². The van der Waals surface area contributed by atoms with Gasteiger partial charge in [-0.05, 0) is 18.9 Å². The number of nitrogens with one attached hydrogen (secondary N) is 1. The number of carbonyl (C=O) groups excluding carboxylic acids is 1. The molecular weight excluding hydrogens is 317 g/mol. The highest BCUT2D eigenvalue weighted by molar-refractivity contribution is 7.15. The van der Waals surface area contributed by atoms with Crippen molar-refractivity contribution in [3.8, 4) is 0 Å². The molecule has 1 amide bonds. The topological polar surface area (TPSA) is 71.0 Å². The summed E-state index contributed by atoms with van der Waals surface area (Å²) < 4.78 is 12.8. The molecular formula is C15H18FN5OS. The number of thiazole rings is 1. The van der Waals surface area contributed by atoms with E-state index < -0.39 is 5.82 Å². The summed E-state index contributed by atoms with van der Waals surface area (Å²) in [6.45, 7) is 4.29. The molecule has 1 atom stereocenters. The van der Waals surface area contributed by atoms with Crippen molar-refractivity contribution >= 4 is 22.4 Å². The van der Waals surface area contributed by atoms with E-state index >= 15 is 0 Å². The highest BCUT2D eigenvalue weighted by Gasteiger charge is 2.24. The zero-order valence-corrected chi connectivity index (χ0v) is 13.6. The molecule has 1 aliphatic rings. The van der Waals surface area contributed by atoms with E-state index in [2.05, 4.69) is 25.2 Å². The first-order chi connectivity index (χ1) is 11.1. The molecule has 3 rings (SSSR count). The van der Waals surface area contributed by atoms with E-state index in [-0.39, 0.29) is 5.91 Å². The van der Waals surface area contributed by atoms with Crippen LogP contribution in [0, 0.1) is 11.7 Å². The third-order valence-electron chi connectivity index (χ3n) is 3.73. The van der Waals surface area contributed by atoms with Crippen LogP contribution in [0.3, 0.4) is 0 Å². The van der Waals surface area contributed by atoms with E-state index in [0.717, 1.165) is 37.4 Å². The first-order valence-electron chi connectivity index (χ1n) is 7.49. The van der Waals surface area contributed by atoms with Crippen molar-refractivity contribution in [3.63, 3.8) is 0 Å². The van der Waals surface area contributed by atoms with Crippen molar-refractivity contribution < 1.29 is 9.18 Å². The molecule has 8 heteroatoms. The van der Waals surface area contributed by atoms with E-state index in [4.69, 9.17) is 0 Å². The zero-order valence-electron chi connectivity index (χ0n) is 12.8. The molecule has 23 heavy (non-hydrogen) atoms. The summed E-state index contributed by atoms with van der Waals surface area (Å²) >= 11 is 1.50. The number of likely N-dealkylation sites (tertiary alicyclic amines) is 1. The number of rotatable bonds is 5. The molecule has 0 saturated carbocycles. The van der Waals surface area contributed by atoms with Crippen molar-refractivity contribution in [1.29, 1.82) is 0 Å². The summed E-state index contributed by atoms with van der Waals surface area (Å²) in [5.41, 5.74) is 0. The highest BCUT2D eigenvalue weighted by atomic mass is 32.1. The number of hydrogen-bond acceptors (Lipinski definition) is 6. The van der Waals surface area contributed by atoms with Gasteiger partial charge in [-0.15, -0.1) is 11.3 Å². The number of aromatic nitrogens is 3. The Kier molecular flexibility index (Phi) is 4.92. The largest absolute Gasteiger partial charge is 0.302 e. The predicted molar refractivity (Wildman–Crippen MR) is 85.5 cm³/mol. The fraction of sp³-hybridized carbons (Fsp3) is 0.467. The van der Waals surface area contributed by atoms with Gasteiger partial charge in [0, 0.05) is 37.5 Å². The average Bonchev–Trinajstić information content (AvgIpc) is 3.11. The van der Waals surface area contributed by atoms with Gasteiger partial charge in [0.15, 0.2) is 10.9 Å². The maximum atomic E-state index is 12.8. The summed E-state index contributed by atoms with van der Waals surface area (Å²) in [6, 6.07) is 0. The van der Waals surface area contributed by atoms with Crippen molar-refractivity contribution in [2.24, 2.45) is 5.92 Å². The predicted octanol–water partition coefficient (Wildman–Crippen LogP) is 2.10. The zero-order chi connectivity index (χ0) is 16.2. The lowest BCUT2D eigenvalue weighted by Crippen LogP contribution is -2.20. The van der Waals surface area contributed by atoms with E-state index in [0.29, 0.717) is 16.9 Å². The standard InChI is InChI=1S/C15H18FN5OS/c1-10(22)20-15-19-7-13(23-15)9-21-3-2-11(8-21)4-14-17-5-12(16)6-18-14/h5-7,11H,2-4,8-9H2,1H3,(H,19,20,22)/t11-/m1/s1. The van der Waals surface area contributed by atoms with Crippen LogP contribution in [0.25, 0.3) is 0 Å². The first kappa shape index (κ1) is 15.9. The summed E-state index contributed by atoms with van der Waals surface area (Å²) in [5, 5.41) is 3.34. The van der Waals surface area contributed by atoms with Crippen molar-refractivity contribution in [2.75, 3.05) is 18.4 Å². The third kappa shape index (κ3) is 4.52. The Bertz CT molecular complexity index is 675. The average molecular weight is 335 g/mol. The van der Waals surface area contributed by atoms with Gasteiger partial charge >= 0.3 is 0 Å². The fourth-order valence-corrected chi connectivity index (χ4v) is 3.64. The van der Waals surface area contributed by atoms with E-state index in [1.54, 1.807) is 0 Å². The Labute approximate surface area is 137 Å². The number of carbonyl (C=O) groups is 1. The molecule has 6 nitrogen and oxygen atoms in total. The minimum absolute atomic E-state index is 0.105. The molecule has 122 valence electrons. The smallest absolute Gasteiger partial charge is 0.223 e. The fourth-order valence-electron chi connectivity index (χ4n) is 2.74. The number of amides is 1. The maximum Gasteiger partial charge on any atom is 0.223 e. The SMILES string of the molecule is CC(=O)Nc1ncc(CN2CC[C@H](Cc3ncc(F)cn3)C2)s1. The van der Waals surface area contributed by atoms with Crippen LogP contribution < -0.4 is 5.32 Å². The second kappa shape index (κ2) is 7.10. The Morgan fingerprint density at radius 3 is 2.91 bits per heavy atom. The van der Waals surface area contributed by atoms with Crippen LogP contribution in [-0.4, -0.2) is 38.8 Å². The molecule has 0 radical (unpaired) electrons. The van der Waals surface area contributed by atoms with Gasteiger partial charge in [0.05, 0.1) is 12.4 Å². The summed E-state index contributed by atoms with van der Waals surface area (Å²) in [7, 11) is 0. The third-order valence-corrected chi connectivity index (χ3v) is 4.63. The highest BCUT2D eigenvalue weighted by Crippen LogP contribution is 2.24. The lowest BCUT2D eigenvalue weighted by atomic mass is 10.0. The number of hydrogen-bond donors (Lipinski definition) is 1. The normalized spacial score (nSPS) is 18.3. The van der Waals surface area contributed by atoms with Gasteiger partial charge in [0.25, 0.3) is 0 Å². The summed E-state index contributed by atoms with van der Waals surface area (Å²) in [6.07, 6.45) is 6.10. The van der Waals surface area contributed by atoms with E-state index in [9.17, 15) is 9.18 Å². The molecule has 0 spiro atoms. The van der Waals surface area contributed by atoms with Gasteiger partial charge in [-0.1, -0.05) is 0 Å². The number of halogens is 1. The molecule has 1 saturated heterocycles. The summed E-state index contributed by atoms with van der Waals surface area (Å²) in [5.74, 6) is 0.681. The lowest BCUT2D eigenvalue weighted by Gasteiger charge is -2.14. The lowest BCUT2D eigenvalue weighted by molar-refractivity contribution is -0.114. The van der Waals surface area contributed by atoms with Crippen LogP contribution in [0.1, 0.15) is 24.0 Å². The monoisotopic (exact) mass is 335 g/mol. The van der Waals surface area contributed by atoms with Crippen molar-refractivity contribution in [3.05, 3.63) is 35.1 Å². The van der Waals surface area contributed by atoms with Gasteiger partial charge in [0.1, 0.15) is 5.82 Å². The van der Waals surface area contributed by atoms with E-state index in [1.165, 1.54) is 30.7 Å². The molecule has 1 N–H and O–H groups in total. The van der Waals surface area contributed by atoms with Gasteiger partial charge in [-0.2, -0.15) is 0 Å². The minimum Gasteiger partial charge on any atom is -0.302 e.